The summed E-state index contributed by atoms with van der Waals surface area (Å²) < 4.78 is 0. The molecule has 0 radical (unpaired) electrons. The van der Waals surface area contributed by atoms with E-state index in [9.17, 15) is 4.79 Å². The summed E-state index contributed by atoms with van der Waals surface area (Å²) in [5, 5.41) is 14.9. The van der Waals surface area contributed by atoms with Crippen LogP contribution in [-0.4, -0.2) is 22.6 Å². The molecule has 0 saturated heterocycles. The Morgan fingerprint density at radius 3 is 2.31 bits per heavy atom. The van der Waals surface area contributed by atoms with E-state index in [1.165, 1.54) is 0 Å². The Bertz CT molecular complexity index is 1360. The van der Waals surface area contributed by atoms with Crippen LogP contribution in [-0.2, 0) is 0 Å². The number of nitrogens with two attached hydrogens (primary N) is 2. The maximum Gasteiger partial charge on any atom is 0.255 e. The van der Waals surface area contributed by atoms with Gasteiger partial charge in [0, 0.05) is 34.2 Å². The van der Waals surface area contributed by atoms with E-state index in [0.717, 1.165) is 27.8 Å². The molecule has 1 aromatic heterocycles. The lowest BCUT2D eigenvalue weighted by Crippen LogP contribution is -2.22. The molecule has 1 heterocycles. The minimum Gasteiger partial charge on any atom is -0.369 e. The van der Waals surface area contributed by atoms with Crippen LogP contribution in [0.2, 0.25) is 0 Å². The number of anilines is 3. The van der Waals surface area contributed by atoms with Crippen LogP contribution in [0.3, 0.4) is 0 Å². The van der Waals surface area contributed by atoms with Crippen molar-refractivity contribution in [2.24, 2.45) is 21.7 Å². The number of amides is 1. The Hall–Kier alpha value is -4.14. The van der Waals surface area contributed by atoms with Crippen LogP contribution in [0.1, 0.15) is 22.8 Å². The third-order valence-electron chi connectivity index (χ3n) is 4.93. The maximum atomic E-state index is 12.7. The molecule has 0 aliphatic rings. The van der Waals surface area contributed by atoms with E-state index in [4.69, 9.17) is 11.5 Å². The summed E-state index contributed by atoms with van der Waals surface area (Å²) in [4.78, 5) is 17.1. The molecule has 0 bridgehead atoms. The molecule has 8 nitrogen and oxygen atoms in total. The highest BCUT2D eigenvalue weighted by Gasteiger charge is 2.08. The van der Waals surface area contributed by atoms with Crippen molar-refractivity contribution >= 4 is 70.4 Å². The van der Waals surface area contributed by atoms with Crippen LogP contribution >= 0.6 is 24.8 Å². The molecule has 0 atom stereocenters. The van der Waals surface area contributed by atoms with Gasteiger partial charge in [0.15, 0.2) is 0 Å². The van der Waals surface area contributed by atoms with Gasteiger partial charge in [0.1, 0.15) is 0 Å². The van der Waals surface area contributed by atoms with E-state index in [2.05, 4.69) is 25.8 Å². The van der Waals surface area contributed by atoms with E-state index in [1.54, 1.807) is 31.3 Å². The SMILES string of the molecule is C/C(=N\N=C(N)N)c1cccc(NC(=O)c2ccc(Nc3ccnc4ccccc34)cc2)c1.Cl.Cl. The van der Waals surface area contributed by atoms with Crippen molar-refractivity contribution in [3.05, 3.63) is 96.2 Å². The Kier molecular flexibility index (Phi) is 9.57. The van der Waals surface area contributed by atoms with Crippen LogP contribution in [0.5, 0.6) is 0 Å². The van der Waals surface area contributed by atoms with E-state index >= 15 is 0 Å². The summed E-state index contributed by atoms with van der Waals surface area (Å²) in [6.45, 7) is 1.78. The van der Waals surface area contributed by atoms with Gasteiger partial charge in [0.05, 0.1) is 11.2 Å². The first-order valence-corrected chi connectivity index (χ1v) is 10.3. The number of pyridine rings is 1. The molecule has 10 heteroatoms. The molecule has 1 amide bonds. The van der Waals surface area contributed by atoms with Gasteiger partial charge in [-0.3, -0.25) is 9.78 Å². The van der Waals surface area contributed by atoms with Gasteiger partial charge in [0.25, 0.3) is 5.91 Å². The second-order valence-electron chi connectivity index (χ2n) is 7.32. The highest BCUT2D eigenvalue weighted by molar-refractivity contribution is 6.06. The van der Waals surface area contributed by atoms with Crippen LogP contribution < -0.4 is 22.1 Å². The predicted molar refractivity (Wildman–Crippen MR) is 148 cm³/mol. The van der Waals surface area contributed by atoms with Crippen molar-refractivity contribution < 1.29 is 4.79 Å². The number of nitrogens with zero attached hydrogens (tertiary/aromatic N) is 3. The number of fused-ring (bicyclic) bond motifs is 1. The van der Waals surface area contributed by atoms with Crippen molar-refractivity contribution in [2.75, 3.05) is 10.6 Å². The summed E-state index contributed by atoms with van der Waals surface area (Å²) in [5.74, 6) is -0.333. The largest absolute Gasteiger partial charge is 0.369 e. The number of hydrogen-bond acceptors (Lipinski definition) is 5. The van der Waals surface area contributed by atoms with Crippen LogP contribution in [0, 0.1) is 0 Å². The zero-order valence-corrected chi connectivity index (χ0v) is 20.4. The number of hydrogen-bond donors (Lipinski definition) is 4. The smallest absolute Gasteiger partial charge is 0.255 e. The van der Waals surface area contributed by atoms with E-state index < -0.39 is 0 Å². The Morgan fingerprint density at radius 1 is 0.829 bits per heavy atom. The number of rotatable bonds is 6. The van der Waals surface area contributed by atoms with Gasteiger partial charge >= 0.3 is 0 Å². The molecular formula is C25H25Cl2N7O. The van der Waals surface area contributed by atoms with Gasteiger partial charge in [-0.1, -0.05) is 30.3 Å². The predicted octanol–water partition coefficient (Wildman–Crippen LogP) is 5.07. The Balaban J connectivity index is 0.00000216. The zero-order chi connectivity index (χ0) is 23.2. The fourth-order valence-corrected chi connectivity index (χ4v) is 3.28. The van der Waals surface area contributed by atoms with Crippen molar-refractivity contribution in [1.82, 2.24) is 4.98 Å². The second-order valence-corrected chi connectivity index (χ2v) is 7.32. The fourth-order valence-electron chi connectivity index (χ4n) is 3.28. The minimum absolute atomic E-state index is 0. The van der Waals surface area contributed by atoms with E-state index in [1.807, 2.05) is 60.7 Å². The number of carbonyl (C=O) groups excluding carboxylic acids is 1. The summed E-state index contributed by atoms with van der Waals surface area (Å²) in [6.07, 6.45) is 1.77. The normalized spacial score (nSPS) is 10.5. The van der Waals surface area contributed by atoms with Gasteiger partial charge in [-0.15, -0.1) is 29.9 Å². The van der Waals surface area contributed by atoms with Gasteiger partial charge < -0.3 is 22.1 Å². The highest BCUT2D eigenvalue weighted by atomic mass is 35.5. The standard InChI is InChI=1S/C25H23N7O.2ClH/c1-16(31-32-25(26)27)18-5-4-6-20(15-18)30-24(33)17-9-11-19(12-10-17)29-23-13-14-28-22-8-3-2-7-21(22)23;;/h2-15H,1H3,(H,28,29)(H,30,33)(H4,26,27,32);2*1H/b31-16+;;. The molecule has 0 aliphatic carbocycles. The molecule has 4 aromatic rings. The summed E-state index contributed by atoms with van der Waals surface area (Å²) in [6, 6.07) is 24.4. The number of nitrogens with one attached hydrogen (secondary N) is 2. The number of carbonyl (C=O) groups is 1. The Labute approximate surface area is 215 Å². The van der Waals surface area contributed by atoms with Crippen molar-refractivity contribution in [1.29, 1.82) is 0 Å². The number of benzene rings is 3. The number of aromatic nitrogens is 1. The third kappa shape index (κ3) is 6.92. The molecule has 180 valence electrons. The summed E-state index contributed by atoms with van der Waals surface area (Å²) in [5.41, 5.74) is 16.0. The van der Waals surface area contributed by atoms with Crippen molar-refractivity contribution in [3.63, 3.8) is 0 Å². The number of para-hydroxylation sites is 1. The highest BCUT2D eigenvalue weighted by Crippen LogP contribution is 2.25. The van der Waals surface area contributed by atoms with E-state index in [-0.39, 0.29) is 36.7 Å². The number of halogens is 2. The fraction of sp³-hybridized carbons (Fsp3) is 0.0400. The first-order chi connectivity index (χ1) is 16.0. The molecule has 0 fully saturated rings. The van der Waals surface area contributed by atoms with Crippen molar-refractivity contribution in [3.8, 4) is 0 Å². The summed E-state index contributed by atoms with van der Waals surface area (Å²) >= 11 is 0. The van der Waals surface area contributed by atoms with Gasteiger partial charge in [-0.2, -0.15) is 5.10 Å². The number of guanidine groups is 1. The lowest BCUT2D eigenvalue weighted by molar-refractivity contribution is 0.102. The van der Waals surface area contributed by atoms with E-state index in [0.29, 0.717) is 17.0 Å². The molecule has 3 aromatic carbocycles. The lowest BCUT2D eigenvalue weighted by atomic mass is 10.1. The lowest BCUT2D eigenvalue weighted by Gasteiger charge is -2.11. The topological polar surface area (TPSA) is 131 Å². The monoisotopic (exact) mass is 509 g/mol. The van der Waals surface area contributed by atoms with Crippen LogP contribution in [0.25, 0.3) is 10.9 Å². The van der Waals surface area contributed by atoms with Crippen LogP contribution in [0.15, 0.2) is 95.3 Å². The molecular weight excluding hydrogens is 485 g/mol. The molecule has 0 aliphatic heterocycles. The van der Waals surface area contributed by atoms with Gasteiger partial charge in [0.2, 0.25) is 5.96 Å². The molecule has 0 spiro atoms. The molecule has 0 unspecified atom stereocenters. The molecule has 0 saturated carbocycles. The third-order valence-corrected chi connectivity index (χ3v) is 4.93. The zero-order valence-electron chi connectivity index (χ0n) is 18.8. The van der Waals surface area contributed by atoms with Gasteiger partial charge in [-0.25, -0.2) is 0 Å². The molecule has 4 rings (SSSR count). The first-order valence-electron chi connectivity index (χ1n) is 10.3. The minimum atomic E-state index is -0.216. The molecule has 35 heavy (non-hydrogen) atoms. The van der Waals surface area contributed by atoms with Gasteiger partial charge in [-0.05, 0) is 61.0 Å². The molecule has 6 N–H and O–H groups in total. The quantitative estimate of drug-likeness (QED) is 0.163. The van der Waals surface area contributed by atoms with Crippen molar-refractivity contribution in [2.45, 2.75) is 6.92 Å². The first kappa shape index (κ1) is 27.1. The average molecular weight is 510 g/mol. The summed E-state index contributed by atoms with van der Waals surface area (Å²) in [7, 11) is 0. The second kappa shape index (κ2) is 12.4. The van der Waals surface area contributed by atoms with Crippen LogP contribution in [0.4, 0.5) is 17.1 Å². The Morgan fingerprint density at radius 2 is 1.57 bits per heavy atom. The average Bonchev–Trinajstić information content (AvgIpc) is 2.83. The maximum absolute atomic E-state index is 12.7.